The molecule has 2 rings (SSSR count). The second-order valence-electron chi connectivity index (χ2n) is 4.33. The van der Waals surface area contributed by atoms with Crippen LogP contribution in [0.25, 0.3) is 5.65 Å². The van der Waals surface area contributed by atoms with Gasteiger partial charge >= 0.3 is 5.97 Å². The summed E-state index contributed by atoms with van der Waals surface area (Å²) in [6, 6.07) is 3.30. The van der Waals surface area contributed by atoms with Gasteiger partial charge in [0.25, 0.3) is 0 Å². The Morgan fingerprint density at radius 2 is 2.18 bits per heavy atom. The van der Waals surface area contributed by atoms with Gasteiger partial charge in [0.15, 0.2) is 0 Å². The van der Waals surface area contributed by atoms with E-state index in [2.05, 4.69) is 4.98 Å². The van der Waals surface area contributed by atoms with Gasteiger partial charge < -0.3 is 14.4 Å². The van der Waals surface area contributed by atoms with Crippen LogP contribution < -0.4 is 0 Å². The Morgan fingerprint density at radius 3 is 2.76 bits per heavy atom. The average molecular weight is 233 g/mol. The molecule has 5 nitrogen and oxygen atoms in total. The maximum absolute atomic E-state index is 10.9. The zero-order chi connectivity index (χ0) is 12.6. The summed E-state index contributed by atoms with van der Waals surface area (Å²) in [5, 5.41) is 8.98. The molecule has 17 heavy (non-hydrogen) atoms. The lowest BCUT2D eigenvalue weighted by Crippen LogP contribution is -2.13. The Hall–Kier alpha value is -1.88. The topological polar surface area (TPSA) is 57.8 Å². The van der Waals surface area contributed by atoms with E-state index >= 15 is 0 Å². The van der Waals surface area contributed by atoms with Gasteiger partial charge in [-0.2, -0.15) is 0 Å². The highest BCUT2D eigenvalue weighted by Crippen LogP contribution is 2.14. The second-order valence-corrected chi connectivity index (χ2v) is 4.33. The van der Waals surface area contributed by atoms with E-state index in [4.69, 9.17) is 5.11 Å². The third kappa shape index (κ3) is 2.14. The molecule has 0 aliphatic carbocycles. The highest BCUT2D eigenvalue weighted by molar-refractivity contribution is 5.87. The molecular weight excluding hydrogens is 218 g/mol. The standard InChI is InChI=1S/C12H15N3O2/c1-8-10(7-14(2)3)15-6-9(12(16)17)4-5-11(15)13-8/h4-6H,7H2,1-3H3,(H,16,17). The second kappa shape index (κ2) is 4.18. The van der Waals surface area contributed by atoms with E-state index in [9.17, 15) is 4.79 Å². The van der Waals surface area contributed by atoms with Crippen molar-refractivity contribution in [1.29, 1.82) is 0 Å². The number of fused-ring (bicyclic) bond motifs is 1. The van der Waals surface area contributed by atoms with Gasteiger partial charge in [-0.3, -0.25) is 0 Å². The maximum atomic E-state index is 10.9. The lowest BCUT2D eigenvalue weighted by molar-refractivity contribution is 0.0696. The minimum atomic E-state index is -0.922. The molecule has 0 aliphatic heterocycles. The van der Waals surface area contributed by atoms with Crippen molar-refractivity contribution in [1.82, 2.24) is 14.3 Å². The van der Waals surface area contributed by atoms with Gasteiger partial charge in [0, 0.05) is 12.7 Å². The Kier molecular flexibility index (Phi) is 2.85. The first kappa shape index (κ1) is 11.6. The summed E-state index contributed by atoms with van der Waals surface area (Å²) >= 11 is 0. The molecule has 0 amide bonds. The van der Waals surface area contributed by atoms with E-state index in [1.807, 2.05) is 30.3 Å². The van der Waals surface area contributed by atoms with Crippen molar-refractivity contribution < 1.29 is 9.90 Å². The van der Waals surface area contributed by atoms with E-state index in [1.54, 1.807) is 18.3 Å². The van der Waals surface area contributed by atoms with Crippen molar-refractivity contribution in [2.24, 2.45) is 0 Å². The fourth-order valence-corrected chi connectivity index (χ4v) is 1.83. The largest absolute Gasteiger partial charge is 0.478 e. The van der Waals surface area contributed by atoms with Crippen LogP contribution in [-0.2, 0) is 6.54 Å². The number of aromatic carboxylic acids is 1. The highest BCUT2D eigenvalue weighted by Gasteiger charge is 2.11. The van der Waals surface area contributed by atoms with Crippen molar-refractivity contribution in [3.8, 4) is 0 Å². The molecule has 0 saturated carbocycles. The van der Waals surface area contributed by atoms with Crippen LogP contribution in [-0.4, -0.2) is 39.5 Å². The molecular formula is C12H15N3O2. The molecule has 0 bridgehead atoms. The number of aryl methyl sites for hydroxylation is 1. The Balaban J connectivity index is 2.60. The number of carbonyl (C=O) groups is 1. The Morgan fingerprint density at radius 1 is 1.47 bits per heavy atom. The summed E-state index contributed by atoms with van der Waals surface area (Å²) in [6.45, 7) is 2.67. The number of imidazole rings is 1. The van der Waals surface area contributed by atoms with E-state index in [0.717, 1.165) is 23.6 Å². The predicted molar refractivity (Wildman–Crippen MR) is 64.3 cm³/mol. The van der Waals surface area contributed by atoms with E-state index in [1.165, 1.54) is 0 Å². The summed E-state index contributed by atoms with van der Waals surface area (Å²) in [5.41, 5.74) is 3.01. The van der Waals surface area contributed by atoms with Crippen molar-refractivity contribution in [2.45, 2.75) is 13.5 Å². The van der Waals surface area contributed by atoms with Crippen LogP contribution in [0.15, 0.2) is 18.3 Å². The number of carboxylic acids is 1. The number of nitrogens with zero attached hydrogens (tertiary/aromatic N) is 3. The van der Waals surface area contributed by atoms with Crippen LogP contribution in [0.4, 0.5) is 0 Å². The molecule has 0 radical (unpaired) electrons. The van der Waals surface area contributed by atoms with Gasteiger partial charge in [-0.1, -0.05) is 0 Å². The number of carboxylic acid groups (broad SMARTS) is 1. The van der Waals surface area contributed by atoms with Gasteiger partial charge in [-0.25, -0.2) is 9.78 Å². The number of rotatable bonds is 3. The quantitative estimate of drug-likeness (QED) is 0.870. The van der Waals surface area contributed by atoms with Crippen LogP contribution in [0.1, 0.15) is 21.7 Å². The molecule has 90 valence electrons. The Bertz CT molecular complexity index is 572. The van der Waals surface area contributed by atoms with Crippen molar-refractivity contribution in [3.63, 3.8) is 0 Å². The molecule has 0 atom stereocenters. The number of hydrogen-bond acceptors (Lipinski definition) is 3. The molecule has 5 heteroatoms. The molecule has 2 heterocycles. The molecule has 2 aromatic rings. The first-order chi connectivity index (χ1) is 7.99. The zero-order valence-electron chi connectivity index (χ0n) is 10.1. The number of pyridine rings is 1. The summed E-state index contributed by atoms with van der Waals surface area (Å²) in [6.07, 6.45) is 1.62. The monoisotopic (exact) mass is 233 g/mol. The predicted octanol–water partition coefficient (Wildman–Crippen LogP) is 1.40. The van der Waals surface area contributed by atoms with Gasteiger partial charge in [0.2, 0.25) is 0 Å². The molecule has 0 spiro atoms. The third-order valence-electron chi connectivity index (χ3n) is 2.63. The van der Waals surface area contributed by atoms with Gasteiger partial charge in [0.1, 0.15) is 5.65 Å². The SMILES string of the molecule is Cc1nc2ccc(C(=O)O)cn2c1CN(C)C. The average Bonchev–Trinajstić information content (AvgIpc) is 2.54. The lowest BCUT2D eigenvalue weighted by atomic mass is 10.3. The first-order valence-corrected chi connectivity index (χ1v) is 5.34. The van der Waals surface area contributed by atoms with E-state index < -0.39 is 5.97 Å². The van der Waals surface area contributed by atoms with Crippen LogP contribution in [0.3, 0.4) is 0 Å². The van der Waals surface area contributed by atoms with Crippen molar-refractivity contribution in [3.05, 3.63) is 35.3 Å². The summed E-state index contributed by atoms with van der Waals surface area (Å²) in [7, 11) is 3.94. The zero-order valence-corrected chi connectivity index (χ0v) is 10.1. The molecule has 0 aliphatic rings. The number of hydrogen-bond donors (Lipinski definition) is 1. The molecule has 1 N–H and O–H groups in total. The van der Waals surface area contributed by atoms with Crippen LogP contribution >= 0.6 is 0 Å². The minimum absolute atomic E-state index is 0.273. The highest BCUT2D eigenvalue weighted by atomic mass is 16.4. The maximum Gasteiger partial charge on any atom is 0.337 e. The smallest absolute Gasteiger partial charge is 0.337 e. The van der Waals surface area contributed by atoms with Crippen LogP contribution in [0.2, 0.25) is 0 Å². The summed E-state index contributed by atoms with van der Waals surface area (Å²) in [4.78, 5) is 17.4. The van der Waals surface area contributed by atoms with Crippen LogP contribution in [0, 0.1) is 6.92 Å². The van der Waals surface area contributed by atoms with Crippen molar-refractivity contribution in [2.75, 3.05) is 14.1 Å². The molecule has 0 fully saturated rings. The van der Waals surface area contributed by atoms with E-state index in [0.29, 0.717) is 0 Å². The minimum Gasteiger partial charge on any atom is -0.478 e. The molecule has 2 aromatic heterocycles. The van der Waals surface area contributed by atoms with Crippen LogP contribution in [0.5, 0.6) is 0 Å². The fourth-order valence-electron chi connectivity index (χ4n) is 1.83. The van der Waals surface area contributed by atoms with Gasteiger partial charge in [0.05, 0.1) is 17.0 Å². The molecule has 0 saturated heterocycles. The number of aromatic nitrogens is 2. The third-order valence-corrected chi connectivity index (χ3v) is 2.63. The fraction of sp³-hybridized carbons (Fsp3) is 0.333. The lowest BCUT2D eigenvalue weighted by Gasteiger charge is -2.10. The van der Waals surface area contributed by atoms with Gasteiger partial charge in [-0.05, 0) is 33.2 Å². The normalized spacial score (nSPS) is 11.3. The molecule has 0 unspecified atom stereocenters. The first-order valence-electron chi connectivity index (χ1n) is 5.34. The summed E-state index contributed by atoms with van der Waals surface area (Å²) in [5.74, 6) is -0.922. The van der Waals surface area contributed by atoms with Gasteiger partial charge in [-0.15, -0.1) is 0 Å². The Labute approximate surface area is 99.3 Å². The van der Waals surface area contributed by atoms with Crippen molar-refractivity contribution >= 4 is 11.6 Å². The summed E-state index contributed by atoms with van der Waals surface area (Å²) < 4.78 is 1.85. The molecule has 0 aromatic carbocycles. The van der Waals surface area contributed by atoms with E-state index in [-0.39, 0.29) is 5.56 Å².